The average molecular weight is 271 g/mol. The number of rotatable bonds is 2. The van der Waals surface area contributed by atoms with Crippen LogP contribution in [0.3, 0.4) is 0 Å². The molecule has 1 aromatic heterocycles. The predicted molar refractivity (Wildman–Crippen MR) is 78.1 cm³/mol. The molecule has 0 saturated carbocycles. The number of aryl methyl sites for hydroxylation is 1. The number of benzene rings is 1. The third-order valence-corrected chi connectivity index (χ3v) is 3.71. The van der Waals surface area contributed by atoms with Crippen molar-refractivity contribution in [1.82, 2.24) is 9.97 Å². The molecule has 104 valence electrons. The first kappa shape index (κ1) is 12.7. The monoisotopic (exact) mass is 271 g/mol. The van der Waals surface area contributed by atoms with Crippen LogP contribution in [0.4, 0.5) is 5.95 Å². The summed E-state index contributed by atoms with van der Waals surface area (Å²) in [6.45, 7) is 3.64. The molecule has 1 aromatic carbocycles. The molecular weight excluding hydrogens is 254 g/mol. The lowest BCUT2D eigenvalue weighted by atomic mass is 10.0. The minimum atomic E-state index is -0.297. The molecule has 1 aliphatic rings. The summed E-state index contributed by atoms with van der Waals surface area (Å²) in [5.74, 6) is 0.257. The first-order chi connectivity index (χ1) is 9.66. The average Bonchev–Trinajstić information content (AvgIpc) is 2.94. The SMILES string of the molecule is Cc1ccccc1-c1c(O)nc(N2CCCC2)[nH]c1=O. The van der Waals surface area contributed by atoms with Gasteiger partial charge in [0.25, 0.3) is 5.56 Å². The normalized spacial score (nSPS) is 14.8. The van der Waals surface area contributed by atoms with Crippen molar-refractivity contribution in [1.29, 1.82) is 0 Å². The Bertz CT molecular complexity index is 688. The topological polar surface area (TPSA) is 69.2 Å². The van der Waals surface area contributed by atoms with Crippen LogP contribution in [0.25, 0.3) is 11.1 Å². The highest BCUT2D eigenvalue weighted by Gasteiger charge is 2.19. The van der Waals surface area contributed by atoms with Gasteiger partial charge in [0.1, 0.15) is 5.56 Å². The third kappa shape index (κ3) is 2.15. The molecule has 1 aliphatic heterocycles. The lowest BCUT2D eigenvalue weighted by molar-refractivity contribution is 0.453. The van der Waals surface area contributed by atoms with Gasteiger partial charge in [0.2, 0.25) is 11.8 Å². The zero-order chi connectivity index (χ0) is 14.1. The van der Waals surface area contributed by atoms with Crippen LogP contribution in [0.1, 0.15) is 18.4 Å². The zero-order valence-electron chi connectivity index (χ0n) is 11.4. The Morgan fingerprint density at radius 3 is 2.60 bits per heavy atom. The van der Waals surface area contributed by atoms with Gasteiger partial charge in [-0.05, 0) is 30.9 Å². The smallest absolute Gasteiger partial charge is 0.264 e. The van der Waals surface area contributed by atoms with E-state index in [1.54, 1.807) is 0 Å². The summed E-state index contributed by atoms with van der Waals surface area (Å²) in [7, 11) is 0. The van der Waals surface area contributed by atoms with E-state index in [0.29, 0.717) is 11.5 Å². The Labute approximate surface area is 116 Å². The van der Waals surface area contributed by atoms with Crippen molar-refractivity contribution >= 4 is 5.95 Å². The Kier molecular flexibility index (Phi) is 3.18. The summed E-state index contributed by atoms with van der Waals surface area (Å²) in [4.78, 5) is 21.2. The van der Waals surface area contributed by atoms with Crippen LogP contribution in [0.5, 0.6) is 5.88 Å². The van der Waals surface area contributed by atoms with Crippen LogP contribution in [0, 0.1) is 6.92 Å². The molecular formula is C15H17N3O2. The molecule has 0 amide bonds. The van der Waals surface area contributed by atoms with E-state index in [4.69, 9.17) is 0 Å². The van der Waals surface area contributed by atoms with Crippen molar-refractivity contribution in [2.45, 2.75) is 19.8 Å². The number of nitrogens with one attached hydrogen (secondary N) is 1. The fourth-order valence-electron chi connectivity index (χ4n) is 2.62. The van der Waals surface area contributed by atoms with Crippen LogP contribution in [0.2, 0.25) is 0 Å². The van der Waals surface area contributed by atoms with Crippen LogP contribution in [0.15, 0.2) is 29.1 Å². The van der Waals surface area contributed by atoms with Crippen LogP contribution in [-0.2, 0) is 0 Å². The maximum absolute atomic E-state index is 12.3. The van der Waals surface area contributed by atoms with Crippen molar-refractivity contribution in [3.8, 4) is 17.0 Å². The quantitative estimate of drug-likeness (QED) is 0.877. The maximum atomic E-state index is 12.3. The molecule has 0 bridgehead atoms. The molecule has 20 heavy (non-hydrogen) atoms. The summed E-state index contributed by atoms with van der Waals surface area (Å²) >= 11 is 0. The van der Waals surface area contributed by atoms with Gasteiger partial charge in [0.05, 0.1) is 0 Å². The van der Waals surface area contributed by atoms with E-state index in [0.717, 1.165) is 31.5 Å². The van der Waals surface area contributed by atoms with Gasteiger partial charge in [-0.2, -0.15) is 4.98 Å². The van der Waals surface area contributed by atoms with Crippen LogP contribution in [-0.4, -0.2) is 28.2 Å². The molecule has 0 aliphatic carbocycles. The summed E-state index contributed by atoms with van der Waals surface area (Å²) < 4.78 is 0. The molecule has 5 nitrogen and oxygen atoms in total. The maximum Gasteiger partial charge on any atom is 0.264 e. The van der Waals surface area contributed by atoms with Crippen molar-refractivity contribution in [2.75, 3.05) is 18.0 Å². The van der Waals surface area contributed by atoms with Gasteiger partial charge in [0.15, 0.2) is 0 Å². The number of anilines is 1. The van der Waals surface area contributed by atoms with Gasteiger partial charge < -0.3 is 10.0 Å². The molecule has 1 saturated heterocycles. The second-order valence-corrected chi connectivity index (χ2v) is 5.10. The number of aromatic amines is 1. The van der Waals surface area contributed by atoms with E-state index in [9.17, 15) is 9.90 Å². The van der Waals surface area contributed by atoms with Crippen molar-refractivity contribution in [3.63, 3.8) is 0 Å². The number of H-pyrrole nitrogens is 1. The van der Waals surface area contributed by atoms with Crippen LogP contribution < -0.4 is 10.5 Å². The first-order valence-electron chi connectivity index (χ1n) is 6.81. The van der Waals surface area contributed by atoms with Crippen molar-refractivity contribution in [2.24, 2.45) is 0 Å². The highest BCUT2D eigenvalue weighted by Crippen LogP contribution is 2.28. The van der Waals surface area contributed by atoms with Gasteiger partial charge in [-0.25, -0.2) is 0 Å². The largest absolute Gasteiger partial charge is 0.493 e. The Balaban J connectivity index is 2.10. The molecule has 2 aromatic rings. The molecule has 3 rings (SSSR count). The Morgan fingerprint density at radius 1 is 1.25 bits per heavy atom. The van der Waals surface area contributed by atoms with Crippen molar-refractivity contribution in [3.05, 3.63) is 40.2 Å². The number of aromatic nitrogens is 2. The van der Waals surface area contributed by atoms with Crippen LogP contribution >= 0.6 is 0 Å². The van der Waals surface area contributed by atoms with E-state index in [-0.39, 0.29) is 17.0 Å². The van der Waals surface area contributed by atoms with E-state index in [1.807, 2.05) is 36.1 Å². The minimum Gasteiger partial charge on any atom is -0.493 e. The number of hydrogen-bond acceptors (Lipinski definition) is 4. The Hall–Kier alpha value is -2.30. The summed E-state index contributed by atoms with van der Waals surface area (Å²) in [5, 5.41) is 10.2. The van der Waals surface area contributed by atoms with Crippen molar-refractivity contribution < 1.29 is 5.11 Å². The summed E-state index contributed by atoms with van der Waals surface area (Å²) in [6, 6.07) is 7.46. The number of aromatic hydroxyl groups is 1. The molecule has 2 heterocycles. The lowest BCUT2D eigenvalue weighted by Gasteiger charge is -2.16. The zero-order valence-corrected chi connectivity index (χ0v) is 11.4. The summed E-state index contributed by atoms with van der Waals surface area (Å²) in [5.41, 5.74) is 1.59. The van der Waals surface area contributed by atoms with Gasteiger partial charge in [-0.15, -0.1) is 0 Å². The Morgan fingerprint density at radius 2 is 1.95 bits per heavy atom. The van der Waals surface area contributed by atoms with E-state index >= 15 is 0 Å². The number of nitrogens with zero attached hydrogens (tertiary/aromatic N) is 2. The van der Waals surface area contributed by atoms with Gasteiger partial charge >= 0.3 is 0 Å². The van der Waals surface area contributed by atoms with Gasteiger partial charge in [-0.1, -0.05) is 24.3 Å². The molecule has 0 spiro atoms. The molecule has 5 heteroatoms. The fraction of sp³-hybridized carbons (Fsp3) is 0.333. The summed E-state index contributed by atoms with van der Waals surface area (Å²) in [6.07, 6.45) is 2.17. The van der Waals surface area contributed by atoms with Gasteiger partial charge in [0, 0.05) is 13.1 Å². The second kappa shape index (κ2) is 5.00. The highest BCUT2D eigenvalue weighted by atomic mass is 16.3. The predicted octanol–water partition coefficient (Wildman–Crippen LogP) is 2.05. The van der Waals surface area contributed by atoms with E-state index in [2.05, 4.69) is 9.97 Å². The first-order valence-corrected chi connectivity index (χ1v) is 6.81. The fourth-order valence-corrected chi connectivity index (χ4v) is 2.62. The standard InChI is InChI=1S/C15H17N3O2/c1-10-6-2-3-7-11(10)12-13(19)16-15(17-14(12)20)18-8-4-5-9-18/h2-3,6-7H,4-5,8-9H2,1H3,(H2,16,17,19,20). The molecule has 2 N–H and O–H groups in total. The van der Waals surface area contributed by atoms with E-state index in [1.165, 1.54) is 0 Å². The molecule has 0 atom stereocenters. The molecule has 0 radical (unpaired) electrons. The highest BCUT2D eigenvalue weighted by molar-refractivity contribution is 5.71. The number of hydrogen-bond donors (Lipinski definition) is 2. The second-order valence-electron chi connectivity index (χ2n) is 5.10. The molecule has 0 unspecified atom stereocenters. The molecule has 1 fully saturated rings. The third-order valence-electron chi connectivity index (χ3n) is 3.71. The van der Waals surface area contributed by atoms with E-state index < -0.39 is 0 Å². The van der Waals surface area contributed by atoms with Gasteiger partial charge in [-0.3, -0.25) is 9.78 Å². The minimum absolute atomic E-state index is 0.204. The lowest BCUT2D eigenvalue weighted by Crippen LogP contribution is -2.24.